The van der Waals surface area contributed by atoms with Crippen molar-refractivity contribution in [1.29, 1.82) is 0 Å². The van der Waals surface area contributed by atoms with Crippen molar-refractivity contribution in [3.05, 3.63) is 70.1 Å². The van der Waals surface area contributed by atoms with E-state index in [0.29, 0.717) is 12.4 Å². The number of oxazole rings is 1. The summed E-state index contributed by atoms with van der Waals surface area (Å²) in [6.45, 7) is 6.15. The molecule has 0 unspecified atom stereocenters. The van der Waals surface area contributed by atoms with Gasteiger partial charge < -0.3 is 9.15 Å². The van der Waals surface area contributed by atoms with Crippen molar-refractivity contribution >= 4 is 0 Å². The van der Waals surface area contributed by atoms with Gasteiger partial charge in [-0.15, -0.1) is 0 Å². The van der Waals surface area contributed by atoms with Crippen LogP contribution in [0.15, 0.2) is 45.9 Å². The molecular weight excluding hydrogens is 294 g/mol. The number of ether oxygens (including phenoxy) is 1. The monoisotopic (exact) mass is 311 g/mol. The molecule has 0 atom stereocenters. The standard InChI is InChI=1S/C17H17N3O3/c1-11-12(2)19-16(13(3)18-11)10-23-15-6-4-14(5-7-15)20-8-9-22-17(20)21/h4-9H,10H2,1-3H3. The molecule has 1 aromatic carbocycles. The van der Waals surface area contributed by atoms with Gasteiger partial charge in [0.25, 0.3) is 0 Å². The van der Waals surface area contributed by atoms with Crippen LogP contribution in [0.5, 0.6) is 5.75 Å². The van der Waals surface area contributed by atoms with Crippen LogP contribution in [0.3, 0.4) is 0 Å². The third kappa shape index (κ3) is 3.15. The molecule has 0 saturated carbocycles. The zero-order valence-corrected chi connectivity index (χ0v) is 13.2. The minimum atomic E-state index is -0.417. The van der Waals surface area contributed by atoms with Crippen molar-refractivity contribution in [2.45, 2.75) is 27.4 Å². The molecule has 6 heteroatoms. The number of aromatic nitrogens is 3. The Morgan fingerprint density at radius 2 is 1.74 bits per heavy atom. The van der Waals surface area contributed by atoms with Crippen molar-refractivity contribution in [3.8, 4) is 11.4 Å². The Labute approximate surface area is 133 Å². The van der Waals surface area contributed by atoms with Gasteiger partial charge >= 0.3 is 5.76 Å². The maximum Gasteiger partial charge on any atom is 0.423 e. The van der Waals surface area contributed by atoms with Crippen LogP contribution in [0, 0.1) is 20.8 Å². The molecule has 0 fully saturated rings. The minimum Gasteiger partial charge on any atom is -0.487 e. The predicted molar refractivity (Wildman–Crippen MR) is 84.9 cm³/mol. The molecular formula is C17H17N3O3. The molecule has 0 N–H and O–H groups in total. The molecule has 0 aliphatic rings. The lowest BCUT2D eigenvalue weighted by Crippen LogP contribution is -2.10. The fraction of sp³-hybridized carbons (Fsp3) is 0.235. The van der Waals surface area contributed by atoms with E-state index in [1.54, 1.807) is 30.5 Å². The lowest BCUT2D eigenvalue weighted by molar-refractivity contribution is 0.299. The summed E-state index contributed by atoms with van der Waals surface area (Å²) >= 11 is 0. The van der Waals surface area contributed by atoms with E-state index in [1.807, 2.05) is 20.8 Å². The maximum absolute atomic E-state index is 11.5. The summed E-state index contributed by atoms with van der Waals surface area (Å²) in [5.41, 5.74) is 4.25. The number of hydrogen-bond donors (Lipinski definition) is 0. The number of hydrogen-bond acceptors (Lipinski definition) is 5. The lowest BCUT2D eigenvalue weighted by atomic mass is 10.2. The second-order valence-electron chi connectivity index (χ2n) is 5.25. The molecule has 0 bridgehead atoms. The van der Waals surface area contributed by atoms with Gasteiger partial charge in [0.1, 0.15) is 18.6 Å². The first kappa shape index (κ1) is 15.0. The molecule has 0 spiro atoms. The van der Waals surface area contributed by atoms with Crippen LogP contribution >= 0.6 is 0 Å². The Hall–Kier alpha value is -2.89. The van der Waals surface area contributed by atoms with Crippen LogP contribution in [-0.4, -0.2) is 14.5 Å². The Morgan fingerprint density at radius 1 is 1.04 bits per heavy atom. The van der Waals surface area contributed by atoms with E-state index < -0.39 is 5.76 Å². The van der Waals surface area contributed by atoms with Gasteiger partial charge in [0.05, 0.1) is 34.7 Å². The van der Waals surface area contributed by atoms with E-state index in [-0.39, 0.29) is 0 Å². The lowest BCUT2D eigenvalue weighted by Gasteiger charge is -2.10. The SMILES string of the molecule is Cc1nc(C)c(COc2ccc(-n3ccoc3=O)cc2)nc1C. The number of aryl methyl sites for hydroxylation is 3. The third-order valence-electron chi connectivity index (χ3n) is 3.65. The van der Waals surface area contributed by atoms with Gasteiger partial charge in [-0.05, 0) is 45.0 Å². The number of rotatable bonds is 4. The summed E-state index contributed by atoms with van der Waals surface area (Å²) in [6.07, 6.45) is 2.93. The highest BCUT2D eigenvalue weighted by molar-refractivity contribution is 5.37. The number of nitrogens with zero attached hydrogens (tertiary/aromatic N) is 3. The molecule has 0 amide bonds. The summed E-state index contributed by atoms with van der Waals surface area (Å²) in [6, 6.07) is 7.20. The zero-order chi connectivity index (χ0) is 16.4. The molecule has 0 aliphatic heterocycles. The van der Waals surface area contributed by atoms with Crippen molar-refractivity contribution in [2.75, 3.05) is 0 Å². The normalized spacial score (nSPS) is 10.7. The summed E-state index contributed by atoms with van der Waals surface area (Å²) in [7, 11) is 0. The maximum atomic E-state index is 11.5. The van der Waals surface area contributed by atoms with E-state index in [0.717, 1.165) is 28.5 Å². The van der Waals surface area contributed by atoms with Crippen LogP contribution in [0.1, 0.15) is 22.8 Å². The predicted octanol–water partition coefficient (Wildman–Crippen LogP) is 2.72. The molecule has 2 aromatic heterocycles. The molecule has 23 heavy (non-hydrogen) atoms. The summed E-state index contributed by atoms with van der Waals surface area (Å²) in [5, 5.41) is 0. The topological polar surface area (TPSA) is 70.2 Å². The number of benzene rings is 1. The first-order chi connectivity index (χ1) is 11.0. The second kappa shape index (κ2) is 6.08. The molecule has 0 aliphatic carbocycles. The summed E-state index contributed by atoms with van der Waals surface area (Å²) < 4.78 is 11.9. The summed E-state index contributed by atoms with van der Waals surface area (Å²) in [5.74, 6) is 0.282. The molecule has 3 rings (SSSR count). The third-order valence-corrected chi connectivity index (χ3v) is 3.65. The van der Waals surface area contributed by atoms with E-state index in [4.69, 9.17) is 9.15 Å². The second-order valence-corrected chi connectivity index (χ2v) is 5.25. The van der Waals surface area contributed by atoms with Gasteiger partial charge in [-0.25, -0.2) is 9.36 Å². The average Bonchev–Trinajstić information content (AvgIpc) is 2.96. The Balaban J connectivity index is 1.73. The van der Waals surface area contributed by atoms with Crippen molar-refractivity contribution in [3.63, 3.8) is 0 Å². The molecule has 2 heterocycles. The quantitative estimate of drug-likeness (QED) is 0.741. The van der Waals surface area contributed by atoms with E-state index in [2.05, 4.69) is 9.97 Å². The van der Waals surface area contributed by atoms with E-state index in [1.165, 1.54) is 10.8 Å². The van der Waals surface area contributed by atoms with E-state index in [9.17, 15) is 4.79 Å². The average molecular weight is 311 g/mol. The van der Waals surface area contributed by atoms with Gasteiger partial charge in [0, 0.05) is 0 Å². The van der Waals surface area contributed by atoms with Crippen LogP contribution in [0.2, 0.25) is 0 Å². The van der Waals surface area contributed by atoms with Gasteiger partial charge in [-0.1, -0.05) is 0 Å². The highest BCUT2D eigenvalue weighted by atomic mass is 16.5. The van der Waals surface area contributed by atoms with Crippen LogP contribution in [0.25, 0.3) is 5.69 Å². The fourth-order valence-electron chi connectivity index (χ4n) is 2.21. The van der Waals surface area contributed by atoms with Crippen molar-refractivity contribution in [1.82, 2.24) is 14.5 Å². The highest BCUT2D eigenvalue weighted by Gasteiger charge is 2.07. The Kier molecular flexibility index (Phi) is 3.97. The smallest absolute Gasteiger partial charge is 0.423 e. The van der Waals surface area contributed by atoms with E-state index >= 15 is 0 Å². The zero-order valence-electron chi connectivity index (χ0n) is 13.2. The molecule has 0 saturated heterocycles. The first-order valence-electron chi connectivity index (χ1n) is 7.24. The van der Waals surface area contributed by atoms with Gasteiger partial charge in [0.2, 0.25) is 0 Å². The van der Waals surface area contributed by atoms with Crippen LogP contribution < -0.4 is 10.5 Å². The van der Waals surface area contributed by atoms with Crippen LogP contribution in [0.4, 0.5) is 0 Å². The van der Waals surface area contributed by atoms with Crippen molar-refractivity contribution in [2.24, 2.45) is 0 Å². The fourth-order valence-corrected chi connectivity index (χ4v) is 2.21. The summed E-state index contributed by atoms with van der Waals surface area (Å²) in [4.78, 5) is 20.4. The largest absolute Gasteiger partial charge is 0.487 e. The van der Waals surface area contributed by atoms with Crippen molar-refractivity contribution < 1.29 is 9.15 Å². The molecule has 3 aromatic rings. The van der Waals surface area contributed by atoms with Gasteiger partial charge in [0.15, 0.2) is 0 Å². The molecule has 6 nitrogen and oxygen atoms in total. The Bertz CT molecular complexity index is 879. The minimum absolute atomic E-state index is 0.352. The van der Waals surface area contributed by atoms with Gasteiger partial charge in [-0.3, -0.25) is 9.97 Å². The van der Waals surface area contributed by atoms with Crippen LogP contribution in [-0.2, 0) is 6.61 Å². The van der Waals surface area contributed by atoms with Gasteiger partial charge in [-0.2, -0.15) is 0 Å². The highest BCUT2D eigenvalue weighted by Crippen LogP contribution is 2.16. The Morgan fingerprint density at radius 3 is 2.39 bits per heavy atom. The first-order valence-corrected chi connectivity index (χ1v) is 7.24. The molecule has 0 radical (unpaired) electrons. The molecule has 118 valence electrons.